The first-order chi connectivity index (χ1) is 6.25. The van der Waals surface area contributed by atoms with Gasteiger partial charge in [0.2, 0.25) is 5.88 Å². The Hall–Kier alpha value is -1.56. The maximum atomic E-state index is 10.9. The van der Waals surface area contributed by atoms with E-state index >= 15 is 0 Å². The van der Waals surface area contributed by atoms with Gasteiger partial charge in [0, 0.05) is 6.54 Å². The van der Waals surface area contributed by atoms with E-state index in [0.29, 0.717) is 25.4 Å². The molecule has 1 heterocycles. The highest BCUT2D eigenvalue weighted by Crippen LogP contribution is 2.11. The van der Waals surface area contributed by atoms with Gasteiger partial charge in [0.15, 0.2) is 6.39 Å². The Labute approximate surface area is 75.5 Å². The van der Waals surface area contributed by atoms with Gasteiger partial charge in [-0.2, -0.15) is 0 Å². The van der Waals surface area contributed by atoms with Gasteiger partial charge in [-0.05, 0) is 13.0 Å². The van der Waals surface area contributed by atoms with Crippen molar-refractivity contribution in [1.29, 1.82) is 0 Å². The van der Waals surface area contributed by atoms with Crippen molar-refractivity contribution < 1.29 is 9.21 Å². The summed E-state index contributed by atoms with van der Waals surface area (Å²) in [6.45, 7) is 0.943. The van der Waals surface area contributed by atoms with Crippen LogP contribution in [0, 0.1) is 0 Å². The molecule has 0 saturated heterocycles. The van der Waals surface area contributed by atoms with Gasteiger partial charge in [-0.25, -0.2) is 9.78 Å². The number of hydrogen-bond donors (Lipinski definition) is 2. The van der Waals surface area contributed by atoms with Crippen molar-refractivity contribution in [3.8, 4) is 0 Å². The monoisotopic (exact) mass is 184 g/mol. The molecule has 0 saturated carbocycles. The van der Waals surface area contributed by atoms with Crippen molar-refractivity contribution in [2.45, 2.75) is 6.42 Å². The minimum atomic E-state index is -0.565. The summed E-state index contributed by atoms with van der Waals surface area (Å²) >= 11 is 0. The molecule has 0 bridgehead atoms. The number of carbonyl (C=O) groups is 1. The largest absolute Gasteiger partial charge is 0.427 e. The third kappa shape index (κ3) is 2.45. The summed E-state index contributed by atoms with van der Waals surface area (Å²) in [5, 5.41) is 0. The van der Waals surface area contributed by atoms with Crippen molar-refractivity contribution in [1.82, 2.24) is 4.98 Å². The van der Waals surface area contributed by atoms with Gasteiger partial charge in [-0.3, -0.25) is 4.90 Å². The standard InChI is InChI=1S/C7H12N4O2/c8-2-1-3-11(7(9)12)6-4-10-5-13-6/h4-5H,1-3,8H2,(H2,9,12). The number of carbonyl (C=O) groups excluding carboxylic acids is 1. The first kappa shape index (κ1) is 9.53. The van der Waals surface area contributed by atoms with E-state index in [-0.39, 0.29) is 0 Å². The van der Waals surface area contributed by atoms with Crippen LogP contribution in [0.25, 0.3) is 0 Å². The Morgan fingerprint density at radius 1 is 1.69 bits per heavy atom. The highest BCUT2D eigenvalue weighted by atomic mass is 16.4. The Kier molecular flexibility index (Phi) is 3.27. The van der Waals surface area contributed by atoms with Crippen molar-refractivity contribution in [3.05, 3.63) is 12.6 Å². The average Bonchev–Trinajstić information content (AvgIpc) is 2.57. The van der Waals surface area contributed by atoms with Crippen molar-refractivity contribution in [2.75, 3.05) is 18.0 Å². The zero-order valence-electron chi connectivity index (χ0n) is 7.14. The number of anilines is 1. The number of primary amides is 1. The molecular formula is C7H12N4O2. The van der Waals surface area contributed by atoms with Gasteiger partial charge >= 0.3 is 6.03 Å². The zero-order valence-corrected chi connectivity index (χ0v) is 7.14. The van der Waals surface area contributed by atoms with Gasteiger partial charge in [-0.15, -0.1) is 0 Å². The predicted octanol–water partition coefficient (Wildman–Crippen LogP) is -0.0915. The first-order valence-corrected chi connectivity index (χ1v) is 3.91. The summed E-state index contributed by atoms with van der Waals surface area (Å²) in [5.41, 5.74) is 10.4. The highest BCUT2D eigenvalue weighted by Gasteiger charge is 2.13. The minimum absolute atomic E-state index is 0.348. The summed E-state index contributed by atoms with van der Waals surface area (Å²) < 4.78 is 4.93. The lowest BCUT2D eigenvalue weighted by Gasteiger charge is -2.15. The van der Waals surface area contributed by atoms with Crippen LogP contribution in [-0.4, -0.2) is 24.1 Å². The van der Waals surface area contributed by atoms with E-state index in [1.165, 1.54) is 17.5 Å². The Morgan fingerprint density at radius 3 is 2.92 bits per heavy atom. The molecule has 6 heteroatoms. The van der Waals surface area contributed by atoms with E-state index in [9.17, 15) is 4.79 Å². The molecule has 0 aliphatic rings. The summed E-state index contributed by atoms with van der Waals surface area (Å²) in [6.07, 6.45) is 3.35. The predicted molar refractivity (Wildman–Crippen MR) is 47.1 cm³/mol. The molecule has 0 radical (unpaired) electrons. The number of oxazole rings is 1. The van der Waals surface area contributed by atoms with Gasteiger partial charge < -0.3 is 15.9 Å². The summed E-state index contributed by atoms with van der Waals surface area (Å²) in [5.74, 6) is 0.348. The smallest absolute Gasteiger partial charge is 0.321 e. The second-order valence-electron chi connectivity index (χ2n) is 2.47. The molecule has 0 fully saturated rings. The van der Waals surface area contributed by atoms with Crippen molar-refractivity contribution in [3.63, 3.8) is 0 Å². The molecule has 0 unspecified atom stereocenters. The molecule has 0 aliphatic carbocycles. The fourth-order valence-electron chi connectivity index (χ4n) is 0.921. The lowest BCUT2D eigenvalue weighted by Crippen LogP contribution is -2.37. The maximum absolute atomic E-state index is 10.9. The molecule has 0 atom stereocenters. The highest BCUT2D eigenvalue weighted by molar-refractivity contribution is 5.88. The topological polar surface area (TPSA) is 98.4 Å². The van der Waals surface area contributed by atoms with Gasteiger partial charge in [0.25, 0.3) is 0 Å². The van der Waals surface area contributed by atoms with Gasteiger partial charge in [0.05, 0.1) is 6.20 Å². The van der Waals surface area contributed by atoms with Gasteiger partial charge in [0.1, 0.15) is 0 Å². The second-order valence-corrected chi connectivity index (χ2v) is 2.47. The lowest BCUT2D eigenvalue weighted by molar-refractivity contribution is 0.252. The van der Waals surface area contributed by atoms with E-state index in [1.807, 2.05) is 0 Å². The van der Waals surface area contributed by atoms with E-state index in [4.69, 9.17) is 15.9 Å². The van der Waals surface area contributed by atoms with Crippen LogP contribution in [0.2, 0.25) is 0 Å². The molecule has 1 rings (SSSR count). The van der Waals surface area contributed by atoms with E-state index in [2.05, 4.69) is 4.98 Å². The molecule has 1 aromatic heterocycles. The normalized spacial score (nSPS) is 9.92. The number of amides is 2. The van der Waals surface area contributed by atoms with Crippen LogP contribution in [0.3, 0.4) is 0 Å². The van der Waals surface area contributed by atoms with Gasteiger partial charge in [-0.1, -0.05) is 0 Å². The molecule has 13 heavy (non-hydrogen) atoms. The fourth-order valence-corrected chi connectivity index (χ4v) is 0.921. The molecule has 0 aromatic carbocycles. The van der Waals surface area contributed by atoms with Crippen LogP contribution in [0.5, 0.6) is 0 Å². The van der Waals surface area contributed by atoms with Crippen LogP contribution in [-0.2, 0) is 0 Å². The Morgan fingerprint density at radius 2 is 2.46 bits per heavy atom. The second kappa shape index (κ2) is 4.46. The summed E-state index contributed by atoms with van der Waals surface area (Å²) in [4.78, 5) is 15.9. The summed E-state index contributed by atoms with van der Waals surface area (Å²) in [7, 11) is 0. The van der Waals surface area contributed by atoms with E-state index in [1.54, 1.807) is 0 Å². The number of urea groups is 1. The van der Waals surface area contributed by atoms with Crippen molar-refractivity contribution >= 4 is 11.9 Å². The number of aromatic nitrogens is 1. The summed E-state index contributed by atoms with van der Waals surface area (Å²) in [6, 6.07) is -0.565. The van der Waals surface area contributed by atoms with Crippen LogP contribution in [0.4, 0.5) is 10.7 Å². The van der Waals surface area contributed by atoms with Crippen LogP contribution in [0.1, 0.15) is 6.42 Å². The molecule has 0 aliphatic heterocycles. The maximum Gasteiger partial charge on any atom is 0.321 e. The van der Waals surface area contributed by atoms with Crippen LogP contribution < -0.4 is 16.4 Å². The van der Waals surface area contributed by atoms with Crippen molar-refractivity contribution in [2.24, 2.45) is 11.5 Å². The molecule has 4 N–H and O–H groups in total. The third-order valence-corrected chi connectivity index (χ3v) is 1.54. The number of nitrogens with two attached hydrogens (primary N) is 2. The third-order valence-electron chi connectivity index (χ3n) is 1.54. The Balaban J connectivity index is 2.63. The van der Waals surface area contributed by atoms with E-state index < -0.39 is 6.03 Å². The van der Waals surface area contributed by atoms with Crippen LogP contribution in [0.15, 0.2) is 17.0 Å². The first-order valence-electron chi connectivity index (χ1n) is 3.91. The number of hydrogen-bond acceptors (Lipinski definition) is 4. The van der Waals surface area contributed by atoms with Crippen LogP contribution >= 0.6 is 0 Å². The molecule has 1 aromatic rings. The molecule has 2 amide bonds. The lowest BCUT2D eigenvalue weighted by atomic mass is 10.4. The fraction of sp³-hybridized carbons (Fsp3) is 0.429. The number of rotatable bonds is 4. The molecule has 6 nitrogen and oxygen atoms in total. The molecular weight excluding hydrogens is 172 g/mol. The minimum Gasteiger partial charge on any atom is -0.427 e. The van der Waals surface area contributed by atoms with E-state index in [0.717, 1.165) is 0 Å². The SMILES string of the molecule is NCCCN(C(N)=O)c1cnco1. The average molecular weight is 184 g/mol. The zero-order chi connectivity index (χ0) is 9.68. The quantitative estimate of drug-likeness (QED) is 0.683. The molecule has 72 valence electrons. The molecule has 0 spiro atoms. The Bertz CT molecular complexity index is 259. The number of nitrogens with zero attached hydrogens (tertiary/aromatic N) is 2.